The lowest BCUT2D eigenvalue weighted by atomic mass is 9.94. The molecule has 1 aliphatic heterocycles. The molecule has 1 aliphatic rings. The number of likely N-dealkylation sites (N-methyl/N-ethyl adjacent to an activating group) is 1. The molecular formula is C15H31N3O. The number of likely N-dealkylation sites (tertiary alicyclic amines) is 1. The van der Waals surface area contributed by atoms with Crippen LogP contribution < -0.4 is 5.32 Å². The van der Waals surface area contributed by atoms with Crippen LogP contribution in [0.5, 0.6) is 0 Å². The molecule has 0 aromatic carbocycles. The number of carbonyl (C=O) groups is 1. The first-order valence-corrected chi connectivity index (χ1v) is 7.69. The van der Waals surface area contributed by atoms with Gasteiger partial charge in [0, 0.05) is 26.2 Å². The summed E-state index contributed by atoms with van der Waals surface area (Å²) >= 11 is 0. The Hall–Kier alpha value is -0.610. The number of amides is 1. The van der Waals surface area contributed by atoms with Gasteiger partial charge in [-0.2, -0.15) is 0 Å². The van der Waals surface area contributed by atoms with E-state index in [1.807, 2.05) is 21.0 Å². The van der Waals surface area contributed by atoms with E-state index < -0.39 is 0 Å². The molecule has 1 rings (SSSR count). The van der Waals surface area contributed by atoms with Gasteiger partial charge in [-0.3, -0.25) is 9.69 Å². The average Bonchev–Trinajstić information content (AvgIpc) is 2.42. The molecular weight excluding hydrogens is 238 g/mol. The fraction of sp³-hybridized carbons (Fsp3) is 0.933. The number of nitrogens with one attached hydrogen (secondary N) is 1. The zero-order chi connectivity index (χ0) is 14.4. The lowest BCUT2D eigenvalue weighted by Gasteiger charge is -2.43. The molecule has 0 saturated carbocycles. The summed E-state index contributed by atoms with van der Waals surface area (Å²) in [5, 5.41) is 3.59. The quantitative estimate of drug-likeness (QED) is 0.797. The van der Waals surface area contributed by atoms with E-state index in [4.69, 9.17) is 0 Å². The molecule has 1 heterocycles. The normalized spacial score (nSPS) is 23.9. The number of carbonyl (C=O) groups excluding carboxylic acids is 1. The van der Waals surface area contributed by atoms with Gasteiger partial charge in [0.05, 0.1) is 6.04 Å². The van der Waals surface area contributed by atoms with Crippen LogP contribution in [0.2, 0.25) is 0 Å². The van der Waals surface area contributed by atoms with E-state index in [9.17, 15) is 4.79 Å². The van der Waals surface area contributed by atoms with Crippen molar-refractivity contribution in [3.63, 3.8) is 0 Å². The van der Waals surface area contributed by atoms with Crippen LogP contribution in [0.25, 0.3) is 0 Å². The van der Waals surface area contributed by atoms with E-state index in [2.05, 4.69) is 24.1 Å². The second-order valence-electron chi connectivity index (χ2n) is 5.95. The van der Waals surface area contributed by atoms with E-state index >= 15 is 0 Å². The Morgan fingerprint density at radius 1 is 1.37 bits per heavy atom. The Morgan fingerprint density at radius 2 is 2.05 bits per heavy atom. The van der Waals surface area contributed by atoms with Gasteiger partial charge in [0.2, 0.25) is 5.91 Å². The van der Waals surface area contributed by atoms with Gasteiger partial charge in [-0.1, -0.05) is 13.3 Å². The summed E-state index contributed by atoms with van der Waals surface area (Å²) in [6.07, 6.45) is 4.84. The summed E-state index contributed by atoms with van der Waals surface area (Å²) in [7, 11) is 3.69. The van der Waals surface area contributed by atoms with E-state index in [0.717, 1.165) is 19.5 Å². The van der Waals surface area contributed by atoms with Crippen molar-refractivity contribution in [2.45, 2.75) is 64.6 Å². The zero-order valence-corrected chi connectivity index (χ0v) is 13.3. The fourth-order valence-electron chi connectivity index (χ4n) is 3.02. The van der Waals surface area contributed by atoms with Crippen molar-refractivity contribution in [2.75, 3.05) is 27.2 Å². The maximum Gasteiger partial charge on any atom is 0.239 e. The second-order valence-corrected chi connectivity index (χ2v) is 5.95. The predicted octanol–water partition coefficient (Wildman–Crippen LogP) is 1.71. The van der Waals surface area contributed by atoms with Crippen LogP contribution in [-0.2, 0) is 4.79 Å². The maximum atomic E-state index is 12.2. The van der Waals surface area contributed by atoms with Crippen molar-refractivity contribution in [3.8, 4) is 0 Å². The maximum absolute atomic E-state index is 12.2. The van der Waals surface area contributed by atoms with Crippen LogP contribution in [0.15, 0.2) is 0 Å². The van der Waals surface area contributed by atoms with Crippen molar-refractivity contribution in [3.05, 3.63) is 0 Å². The number of hydrogen-bond acceptors (Lipinski definition) is 3. The van der Waals surface area contributed by atoms with Crippen molar-refractivity contribution in [1.29, 1.82) is 0 Å². The predicted molar refractivity (Wildman–Crippen MR) is 80.3 cm³/mol. The van der Waals surface area contributed by atoms with Gasteiger partial charge in [-0.15, -0.1) is 0 Å². The zero-order valence-electron chi connectivity index (χ0n) is 13.3. The van der Waals surface area contributed by atoms with Gasteiger partial charge >= 0.3 is 0 Å². The molecule has 0 aromatic heterocycles. The average molecular weight is 269 g/mol. The molecule has 1 fully saturated rings. The van der Waals surface area contributed by atoms with Crippen LogP contribution in [0.3, 0.4) is 0 Å². The van der Waals surface area contributed by atoms with Gasteiger partial charge in [-0.05, 0) is 46.2 Å². The Labute approximate surface area is 118 Å². The molecule has 0 spiro atoms. The minimum Gasteiger partial charge on any atom is -0.347 e. The molecule has 1 N–H and O–H groups in total. The molecule has 3 atom stereocenters. The van der Waals surface area contributed by atoms with Crippen LogP contribution in [0.4, 0.5) is 0 Å². The first kappa shape index (κ1) is 16.4. The molecule has 1 amide bonds. The highest BCUT2D eigenvalue weighted by molar-refractivity contribution is 5.81. The first-order valence-electron chi connectivity index (χ1n) is 7.69. The Morgan fingerprint density at radius 3 is 2.63 bits per heavy atom. The molecule has 3 unspecified atom stereocenters. The van der Waals surface area contributed by atoms with Gasteiger partial charge in [0.1, 0.15) is 0 Å². The molecule has 1 saturated heterocycles. The van der Waals surface area contributed by atoms with Crippen LogP contribution in [-0.4, -0.2) is 61.0 Å². The first-order chi connectivity index (χ1) is 8.99. The summed E-state index contributed by atoms with van der Waals surface area (Å²) in [6.45, 7) is 8.60. The van der Waals surface area contributed by atoms with Crippen molar-refractivity contribution >= 4 is 5.91 Å². The summed E-state index contributed by atoms with van der Waals surface area (Å²) in [6, 6.07) is 0.933. The largest absolute Gasteiger partial charge is 0.347 e. The summed E-state index contributed by atoms with van der Waals surface area (Å²) in [5.74, 6) is 0.217. The topological polar surface area (TPSA) is 35.6 Å². The molecule has 4 nitrogen and oxygen atoms in total. The van der Waals surface area contributed by atoms with Gasteiger partial charge in [-0.25, -0.2) is 0 Å². The minimum absolute atomic E-state index is 0.00817. The van der Waals surface area contributed by atoms with E-state index in [-0.39, 0.29) is 11.9 Å². The molecule has 0 radical (unpaired) electrons. The van der Waals surface area contributed by atoms with Crippen molar-refractivity contribution < 1.29 is 4.79 Å². The number of piperidine rings is 1. The van der Waals surface area contributed by atoms with Crippen LogP contribution in [0.1, 0.15) is 46.5 Å². The highest BCUT2D eigenvalue weighted by atomic mass is 16.2. The summed E-state index contributed by atoms with van der Waals surface area (Å²) < 4.78 is 0. The van der Waals surface area contributed by atoms with Crippen LogP contribution in [0, 0.1) is 0 Å². The van der Waals surface area contributed by atoms with Crippen molar-refractivity contribution in [1.82, 2.24) is 15.1 Å². The molecule has 19 heavy (non-hydrogen) atoms. The molecule has 112 valence electrons. The molecule has 4 heteroatoms. The van der Waals surface area contributed by atoms with Gasteiger partial charge < -0.3 is 10.2 Å². The molecule has 0 bridgehead atoms. The lowest BCUT2D eigenvalue weighted by Crippen LogP contribution is -2.57. The Balaban J connectivity index is 2.68. The van der Waals surface area contributed by atoms with Gasteiger partial charge in [0.15, 0.2) is 0 Å². The van der Waals surface area contributed by atoms with Crippen LogP contribution >= 0.6 is 0 Å². The third-order valence-corrected chi connectivity index (χ3v) is 4.18. The van der Waals surface area contributed by atoms with E-state index in [0.29, 0.717) is 12.1 Å². The van der Waals surface area contributed by atoms with E-state index in [1.54, 1.807) is 4.90 Å². The standard InChI is InChI=1S/C15H31N3O/c1-6-10-16-12(2)14-9-7-8-11-18(14)13(3)15(19)17(4)5/h12-14,16H,6-11H2,1-5H3. The number of rotatable bonds is 6. The summed E-state index contributed by atoms with van der Waals surface area (Å²) in [4.78, 5) is 16.3. The number of hydrogen-bond donors (Lipinski definition) is 1. The highest BCUT2D eigenvalue weighted by Crippen LogP contribution is 2.22. The van der Waals surface area contributed by atoms with E-state index in [1.165, 1.54) is 19.3 Å². The van der Waals surface area contributed by atoms with Gasteiger partial charge in [0.25, 0.3) is 0 Å². The molecule has 0 aromatic rings. The Kier molecular flexibility index (Phi) is 6.80. The fourth-order valence-corrected chi connectivity index (χ4v) is 3.02. The van der Waals surface area contributed by atoms with Crippen molar-refractivity contribution in [2.24, 2.45) is 0 Å². The lowest BCUT2D eigenvalue weighted by molar-refractivity contribution is -0.135. The molecule has 0 aliphatic carbocycles. The SMILES string of the molecule is CCCNC(C)C1CCCCN1C(C)C(=O)N(C)C. The second kappa shape index (κ2) is 7.85. The summed E-state index contributed by atoms with van der Waals surface area (Å²) in [5.41, 5.74) is 0. The third-order valence-electron chi connectivity index (χ3n) is 4.18. The third kappa shape index (κ3) is 4.46. The Bertz CT molecular complexity index is 281. The monoisotopic (exact) mass is 269 g/mol. The highest BCUT2D eigenvalue weighted by Gasteiger charge is 2.33. The minimum atomic E-state index is -0.00817. The number of nitrogens with zero attached hydrogens (tertiary/aromatic N) is 2. The smallest absolute Gasteiger partial charge is 0.239 e.